The summed E-state index contributed by atoms with van der Waals surface area (Å²) >= 11 is 0. The van der Waals surface area contributed by atoms with Crippen molar-refractivity contribution in [2.45, 2.75) is 6.04 Å². The molecule has 1 aliphatic rings. The number of amides is 1. The number of carbonyl (C=O) groups excluding carboxylic acids is 1. The highest BCUT2D eigenvalue weighted by Crippen LogP contribution is 2.33. The van der Waals surface area contributed by atoms with E-state index in [1.807, 2.05) is 29.2 Å². The second-order valence-corrected chi connectivity index (χ2v) is 5.16. The van der Waals surface area contributed by atoms with Crippen LogP contribution in [0.1, 0.15) is 0 Å². The lowest BCUT2D eigenvalue weighted by Crippen LogP contribution is -2.53. The summed E-state index contributed by atoms with van der Waals surface area (Å²) in [6.45, 7) is 1.29. The van der Waals surface area contributed by atoms with Crippen molar-refractivity contribution < 1.29 is 13.9 Å². The Balaban J connectivity index is 1.92. The average molecular weight is 298 g/mol. The van der Waals surface area contributed by atoms with Crippen molar-refractivity contribution in [3.05, 3.63) is 30.6 Å². The van der Waals surface area contributed by atoms with E-state index in [0.29, 0.717) is 24.6 Å². The molecule has 4 rings (SSSR count). The summed E-state index contributed by atoms with van der Waals surface area (Å²) in [7, 11) is 0. The first-order chi connectivity index (χ1) is 10.8. The molecular weight excluding hydrogens is 284 g/mol. The lowest BCUT2D eigenvalue weighted by atomic mass is 10.2. The smallest absolute Gasteiger partial charge is 0.242 e. The van der Waals surface area contributed by atoms with Gasteiger partial charge in [-0.1, -0.05) is 12.1 Å². The maximum atomic E-state index is 11.7. The molecule has 1 amide bonds. The Kier molecular flexibility index (Phi) is 2.93. The van der Waals surface area contributed by atoms with Crippen LogP contribution in [0.3, 0.4) is 0 Å². The molecular formula is C15H14N4O3. The highest BCUT2D eigenvalue weighted by molar-refractivity contribution is 6.06. The van der Waals surface area contributed by atoms with Gasteiger partial charge in [0.2, 0.25) is 5.91 Å². The van der Waals surface area contributed by atoms with E-state index in [0.717, 1.165) is 16.5 Å². The van der Waals surface area contributed by atoms with E-state index in [9.17, 15) is 4.79 Å². The summed E-state index contributed by atoms with van der Waals surface area (Å²) in [5, 5.41) is 0.921. The minimum absolute atomic E-state index is 0.251. The van der Waals surface area contributed by atoms with Crippen LogP contribution in [0.5, 0.6) is 0 Å². The van der Waals surface area contributed by atoms with Gasteiger partial charge < -0.3 is 19.8 Å². The van der Waals surface area contributed by atoms with E-state index in [1.54, 1.807) is 0 Å². The van der Waals surface area contributed by atoms with Crippen LogP contribution in [0.15, 0.2) is 35.0 Å². The normalized spacial score (nSPS) is 18.9. The zero-order chi connectivity index (χ0) is 15.1. The minimum atomic E-state index is -0.555. The number of nitrogens with two attached hydrogens (primary N) is 1. The van der Waals surface area contributed by atoms with Crippen molar-refractivity contribution in [3.8, 4) is 0 Å². The zero-order valence-corrected chi connectivity index (χ0v) is 11.7. The molecule has 1 atom stereocenters. The third kappa shape index (κ3) is 1.90. The predicted octanol–water partition coefficient (Wildman–Crippen LogP) is 1.07. The number of morpholine rings is 1. The van der Waals surface area contributed by atoms with E-state index in [4.69, 9.17) is 14.9 Å². The molecule has 1 saturated heterocycles. The van der Waals surface area contributed by atoms with Gasteiger partial charge in [-0.15, -0.1) is 0 Å². The number of aromatic nitrogens is 2. The minimum Gasteiger partial charge on any atom is -0.450 e. The number of benzene rings is 1. The molecule has 0 aliphatic carbocycles. The number of nitrogens with zero attached hydrogens (tertiary/aromatic N) is 3. The summed E-state index contributed by atoms with van der Waals surface area (Å²) in [5.74, 6) is 0.135. The van der Waals surface area contributed by atoms with Crippen molar-refractivity contribution in [1.29, 1.82) is 0 Å². The Hall–Kier alpha value is -2.67. The zero-order valence-electron chi connectivity index (χ0n) is 11.7. The molecule has 7 nitrogen and oxygen atoms in total. The summed E-state index contributed by atoms with van der Waals surface area (Å²) in [5.41, 5.74) is 7.52. The maximum Gasteiger partial charge on any atom is 0.242 e. The first-order valence-electron chi connectivity index (χ1n) is 7.01. The Labute approximate surface area is 125 Å². The van der Waals surface area contributed by atoms with Crippen LogP contribution in [0.2, 0.25) is 0 Å². The summed E-state index contributed by atoms with van der Waals surface area (Å²) in [6.07, 6.45) is 1.48. The van der Waals surface area contributed by atoms with Gasteiger partial charge >= 0.3 is 0 Å². The number of primary amides is 1. The van der Waals surface area contributed by atoms with Crippen LogP contribution in [0, 0.1) is 0 Å². The molecule has 2 aromatic heterocycles. The number of hydrogen-bond acceptors (Lipinski definition) is 6. The molecule has 0 radical (unpaired) electrons. The number of rotatable bonds is 2. The number of ether oxygens (including phenoxy) is 1. The predicted molar refractivity (Wildman–Crippen MR) is 80.5 cm³/mol. The molecule has 1 aliphatic heterocycles. The summed E-state index contributed by atoms with van der Waals surface area (Å²) in [4.78, 5) is 22.1. The molecule has 1 aromatic carbocycles. The fourth-order valence-electron chi connectivity index (χ4n) is 2.81. The largest absolute Gasteiger partial charge is 0.450 e. The molecule has 0 bridgehead atoms. The lowest BCUT2D eigenvalue weighted by molar-refractivity contribution is -0.121. The molecule has 3 heterocycles. The van der Waals surface area contributed by atoms with Gasteiger partial charge in [0.1, 0.15) is 23.5 Å². The van der Waals surface area contributed by atoms with Crippen LogP contribution in [-0.4, -0.2) is 41.7 Å². The number of fused-ring (bicyclic) bond motifs is 3. The third-order valence-electron chi connectivity index (χ3n) is 3.87. The number of anilines is 1. The van der Waals surface area contributed by atoms with Crippen molar-refractivity contribution in [1.82, 2.24) is 9.97 Å². The Morgan fingerprint density at radius 1 is 1.32 bits per heavy atom. The molecule has 1 fully saturated rings. The van der Waals surface area contributed by atoms with E-state index >= 15 is 0 Å². The van der Waals surface area contributed by atoms with Crippen molar-refractivity contribution in [3.63, 3.8) is 0 Å². The summed E-state index contributed by atoms with van der Waals surface area (Å²) < 4.78 is 11.3. The van der Waals surface area contributed by atoms with Gasteiger partial charge in [-0.2, -0.15) is 0 Å². The first-order valence-corrected chi connectivity index (χ1v) is 7.01. The average Bonchev–Trinajstić information content (AvgIpc) is 2.93. The quantitative estimate of drug-likeness (QED) is 0.760. The fourth-order valence-corrected chi connectivity index (χ4v) is 2.81. The van der Waals surface area contributed by atoms with Gasteiger partial charge in [-0.05, 0) is 12.1 Å². The first kappa shape index (κ1) is 13.0. The Morgan fingerprint density at radius 3 is 3.05 bits per heavy atom. The molecule has 0 spiro atoms. The Morgan fingerprint density at radius 2 is 2.18 bits per heavy atom. The topological polar surface area (TPSA) is 94.5 Å². The third-order valence-corrected chi connectivity index (χ3v) is 3.87. The van der Waals surface area contributed by atoms with Gasteiger partial charge in [0.15, 0.2) is 11.4 Å². The molecule has 3 aromatic rings. The van der Waals surface area contributed by atoms with E-state index in [2.05, 4.69) is 9.97 Å². The van der Waals surface area contributed by atoms with Crippen molar-refractivity contribution in [2.24, 2.45) is 5.73 Å². The van der Waals surface area contributed by atoms with E-state index < -0.39 is 11.9 Å². The van der Waals surface area contributed by atoms with Gasteiger partial charge in [0.25, 0.3) is 0 Å². The van der Waals surface area contributed by atoms with Crippen molar-refractivity contribution in [2.75, 3.05) is 24.7 Å². The molecule has 112 valence electrons. The van der Waals surface area contributed by atoms with Crippen LogP contribution < -0.4 is 10.6 Å². The van der Waals surface area contributed by atoms with Crippen LogP contribution >= 0.6 is 0 Å². The highest BCUT2D eigenvalue weighted by Gasteiger charge is 2.31. The standard InChI is InChI=1S/C15H14N4O3/c16-14(20)10-7-21-6-5-19(10)15-13-12(17-8-18-15)9-3-1-2-4-11(9)22-13/h1-4,8,10H,5-7H2,(H2,16,20). The number of para-hydroxylation sites is 1. The van der Waals surface area contributed by atoms with Crippen LogP contribution in [0.25, 0.3) is 22.1 Å². The molecule has 0 saturated carbocycles. The second kappa shape index (κ2) is 4.96. The maximum absolute atomic E-state index is 11.7. The van der Waals surface area contributed by atoms with Crippen LogP contribution in [0.4, 0.5) is 5.82 Å². The number of carbonyl (C=O) groups is 1. The van der Waals surface area contributed by atoms with Gasteiger partial charge in [-0.25, -0.2) is 9.97 Å². The molecule has 1 unspecified atom stereocenters. The number of hydrogen-bond donors (Lipinski definition) is 1. The highest BCUT2D eigenvalue weighted by atomic mass is 16.5. The van der Waals surface area contributed by atoms with Crippen molar-refractivity contribution >= 4 is 33.8 Å². The second-order valence-electron chi connectivity index (χ2n) is 5.16. The SMILES string of the molecule is NC(=O)C1COCCN1c1ncnc2c1oc1ccccc12. The molecule has 22 heavy (non-hydrogen) atoms. The van der Waals surface area contributed by atoms with E-state index in [1.165, 1.54) is 6.33 Å². The monoisotopic (exact) mass is 298 g/mol. The lowest BCUT2D eigenvalue weighted by Gasteiger charge is -2.34. The fraction of sp³-hybridized carbons (Fsp3) is 0.267. The van der Waals surface area contributed by atoms with E-state index in [-0.39, 0.29) is 6.61 Å². The van der Waals surface area contributed by atoms with Gasteiger partial charge in [0.05, 0.1) is 13.2 Å². The summed E-state index contributed by atoms with van der Waals surface area (Å²) in [6, 6.07) is 7.10. The molecule has 7 heteroatoms. The van der Waals surface area contributed by atoms with Gasteiger partial charge in [0, 0.05) is 11.9 Å². The van der Waals surface area contributed by atoms with Crippen LogP contribution in [-0.2, 0) is 9.53 Å². The van der Waals surface area contributed by atoms with Gasteiger partial charge in [-0.3, -0.25) is 4.79 Å². The number of furan rings is 1. The Bertz CT molecular complexity index is 860. The molecule has 2 N–H and O–H groups in total.